The molecule has 0 heterocycles. The molecule has 0 N–H and O–H groups in total. The third-order valence-corrected chi connectivity index (χ3v) is 5.15. The normalized spacial score (nSPS) is 24.3. The van der Waals surface area contributed by atoms with Gasteiger partial charge >= 0.3 is 0 Å². The van der Waals surface area contributed by atoms with Crippen LogP contribution < -0.4 is 0 Å². The van der Waals surface area contributed by atoms with Crippen molar-refractivity contribution in [3.8, 4) is 0 Å². The standard InChI is InChI=1S/C22H28/c1-15(2)18-13-17-7-6-8-20(21(17)14-18)16-9-11-19(12-10-16)22(3,4)5/h6-12,14-15,17,21H,13H2,1-5H3. The third kappa shape index (κ3) is 2.84. The molecule has 2 aliphatic carbocycles. The molecule has 0 heteroatoms. The molecule has 1 aromatic carbocycles. The van der Waals surface area contributed by atoms with Crippen LogP contribution >= 0.6 is 0 Å². The predicted octanol–water partition coefficient (Wildman–Crippen LogP) is 6.16. The topological polar surface area (TPSA) is 0 Å². The fourth-order valence-corrected chi connectivity index (χ4v) is 3.62. The van der Waals surface area contributed by atoms with E-state index in [9.17, 15) is 0 Å². The predicted molar refractivity (Wildman–Crippen MR) is 96.8 cm³/mol. The lowest BCUT2D eigenvalue weighted by molar-refractivity contribution is 0.584. The number of allylic oxidation sites excluding steroid dienone is 6. The van der Waals surface area contributed by atoms with Crippen LogP contribution in [0.5, 0.6) is 0 Å². The van der Waals surface area contributed by atoms with Gasteiger partial charge in [-0.25, -0.2) is 0 Å². The second-order valence-corrected chi connectivity index (χ2v) is 8.12. The van der Waals surface area contributed by atoms with E-state index in [-0.39, 0.29) is 5.41 Å². The van der Waals surface area contributed by atoms with E-state index in [1.165, 1.54) is 23.1 Å². The number of rotatable bonds is 2. The molecule has 0 fully saturated rings. The van der Waals surface area contributed by atoms with Crippen LogP contribution in [0.4, 0.5) is 0 Å². The molecule has 0 amide bonds. The highest BCUT2D eigenvalue weighted by molar-refractivity contribution is 5.73. The van der Waals surface area contributed by atoms with Gasteiger partial charge in [-0.05, 0) is 40.4 Å². The van der Waals surface area contributed by atoms with Crippen LogP contribution in [-0.2, 0) is 5.41 Å². The molecular formula is C22H28. The zero-order chi connectivity index (χ0) is 15.9. The van der Waals surface area contributed by atoms with Gasteiger partial charge in [0.05, 0.1) is 0 Å². The summed E-state index contributed by atoms with van der Waals surface area (Å²) in [5.74, 6) is 1.91. The zero-order valence-corrected chi connectivity index (χ0v) is 14.6. The average Bonchev–Trinajstić information content (AvgIpc) is 2.90. The number of hydrogen-bond donors (Lipinski definition) is 0. The second kappa shape index (κ2) is 5.57. The number of benzene rings is 1. The molecule has 1 aromatic rings. The second-order valence-electron chi connectivity index (χ2n) is 8.12. The first-order valence-electron chi connectivity index (χ1n) is 8.56. The van der Waals surface area contributed by atoms with Crippen molar-refractivity contribution < 1.29 is 0 Å². The molecule has 0 saturated heterocycles. The van der Waals surface area contributed by atoms with Gasteiger partial charge in [-0.1, -0.05) is 88.8 Å². The van der Waals surface area contributed by atoms with E-state index in [0.29, 0.717) is 17.8 Å². The Kier molecular flexibility index (Phi) is 3.89. The monoisotopic (exact) mass is 292 g/mol. The Labute approximate surface area is 135 Å². The van der Waals surface area contributed by atoms with Crippen LogP contribution in [0.25, 0.3) is 5.57 Å². The van der Waals surface area contributed by atoms with Crippen LogP contribution in [0.2, 0.25) is 0 Å². The molecule has 0 bridgehead atoms. The first-order valence-corrected chi connectivity index (χ1v) is 8.56. The van der Waals surface area contributed by atoms with E-state index in [0.717, 1.165) is 0 Å². The number of fused-ring (bicyclic) bond motifs is 1. The minimum absolute atomic E-state index is 0.222. The van der Waals surface area contributed by atoms with E-state index < -0.39 is 0 Å². The Hall–Kier alpha value is -1.56. The van der Waals surface area contributed by atoms with E-state index in [2.05, 4.69) is 83.2 Å². The Morgan fingerprint density at radius 3 is 2.32 bits per heavy atom. The lowest BCUT2D eigenvalue weighted by Gasteiger charge is -2.24. The maximum atomic E-state index is 2.53. The highest BCUT2D eigenvalue weighted by atomic mass is 14.4. The summed E-state index contributed by atoms with van der Waals surface area (Å²) in [5.41, 5.74) is 6.13. The quantitative estimate of drug-likeness (QED) is 0.573. The molecule has 22 heavy (non-hydrogen) atoms. The van der Waals surface area contributed by atoms with Gasteiger partial charge in [0.25, 0.3) is 0 Å². The maximum absolute atomic E-state index is 2.53. The first kappa shape index (κ1) is 15.3. The van der Waals surface area contributed by atoms with Gasteiger partial charge in [0.15, 0.2) is 0 Å². The van der Waals surface area contributed by atoms with Gasteiger partial charge in [-0.2, -0.15) is 0 Å². The van der Waals surface area contributed by atoms with Gasteiger partial charge in [0.1, 0.15) is 0 Å². The van der Waals surface area contributed by atoms with Crippen LogP contribution in [0.3, 0.4) is 0 Å². The van der Waals surface area contributed by atoms with Gasteiger partial charge in [0, 0.05) is 5.92 Å². The molecule has 0 aromatic heterocycles. The molecular weight excluding hydrogens is 264 g/mol. The van der Waals surface area contributed by atoms with Crippen molar-refractivity contribution in [2.45, 2.75) is 46.5 Å². The highest BCUT2D eigenvalue weighted by Crippen LogP contribution is 2.44. The molecule has 2 unspecified atom stereocenters. The van der Waals surface area contributed by atoms with Crippen molar-refractivity contribution in [2.24, 2.45) is 17.8 Å². The van der Waals surface area contributed by atoms with E-state index >= 15 is 0 Å². The van der Waals surface area contributed by atoms with E-state index in [1.54, 1.807) is 5.57 Å². The lowest BCUT2D eigenvalue weighted by Crippen LogP contribution is -2.12. The van der Waals surface area contributed by atoms with Gasteiger partial charge in [-0.15, -0.1) is 0 Å². The van der Waals surface area contributed by atoms with Crippen LogP contribution in [0, 0.1) is 17.8 Å². The summed E-state index contributed by atoms with van der Waals surface area (Å²) in [6, 6.07) is 9.21. The van der Waals surface area contributed by atoms with E-state index in [4.69, 9.17) is 0 Å². The first-order chi connectivity index (χ1) is 10.4. The van der Waals surface area contributed by atoms with Crippen molar-refractivity contribution in [2.75, 3.05) is 0 Å². The number of hydrogen-bond acceptors (Lipinski definition) is 0. The molecule has 2 atom stereocenters. The molecule has 2 aliphatic rings. The summed E-state index contributed by atoms with van der Waals surface area (Å²) in [6.07, 6.45) is 10.7. The third-order valence-electron chi connectivity index (χ3n) is 5.15. The van der Waals surface area contributed by atoms with Gasteiger partial charge < -0.3 is 0 Å². The Morgan fingerprint density at radius 1 is 1.05 bits per heavy atom. The maximum Gasteiger partial charge on any atom is 0.00926 e. The summed E-state index contributed by atoms with van der Waals surface area (Å²) < 4.78 is 0. The Balaban J connectivity index is 1.91. The molecule has 0 radical (unpaired) electrons. The molecule has 0 spiro atoms. The van der Waals surface area contributed by atoms with Gasteiger partial charge in [-0.3, -0.25) is 0 Å². The fourth-order valence-electron chi connectivity index (χ4n) is 3.62. The Bertz CT molecular complexity index is 630. The smallest absolute Gasteiger partial charge is 0.00926 e. The largest absolute Gasteiger partial charge is 0.0802 e. The zero-order valence-electron chi connectivity index (χ0n) is 14.6. The van der Waals surface area contributed by atoms with Crippen molar-refractivity contribution in [3.05, 3.63) is 65.3 Å². The molecule has 0 aliphatic heterocycles. The summed E-state index contributed by atoms with van der Waals surface area (Å²) in [7, 11) is 0. The Morgan fingerprint density at radius 2 is 1.73 bits per heavy atom. The summed E-state index contributed by atoms with van der Waals surface area (Å²) in [4.78, 5) is 0. The average molecular weight is 292 g/mol. The molecule has 0 nitrogen and oxygen atoms in total. The van der Waals surface area contributed by atoms with Crippen LogP contribution in [0.15, 0.2) is 54.1 Å². The fraction of sp³-hybridized carbons (Fsp3) is 0.455. The minimum atomic E-state index is 0.222. The van der Waals surface area contributed by atoms with Crippen molar-refractivity contribution in [1.29, 1.82) is 0 Å². The van der Waals surface area contributed by atoms with Crippen LogP contribution in [0.1, 0.15) is 52.2 Å². The molecule has 116 valence electrons. The van der Waals surface area contributed by atoms with Crippen molar-refractivity contribution >= 4 is 5.57 Å². The molecule has 0 saturated carbocycles. The van der Waals surface area contributed by atoms with Crippen molar-refractivity contribution in [3.63, 3.8) is 0 Å². The molecule has 3 rings (SSSR count). The summed E-state index contributed by atoms with van der Waals surface area (Å²) in [6.45, 7) is 11.4. The SMILES string of the molecule is CC(C)C1=CC2C(c3ccc(C(C)(C)C)cc3)=CC=CC2C1. The summed E-state index contributed by atoms with van der Waals surface area (Å²) in [5, 5.41) is 0. The summed E-state index contributed by atoms with van der Waals surface area (Å²) >= 11 is 0. The lowest BCUT2D eigenvalue weighted by atomic mass is 9.80. The highest BCUT2D eigenvalue weighted by Gasteiger charge is 2.31. The van der Waals surface area contributed by atoms with Crippen molar-refractivity contribution in [1.82, 2.24) is 0 Å². The van der Waals surface area contributed by atoms with E-state index in [1.807, 2.05) is 0 Å². The van der Waals surface area contributed by atoms with Crippen LogP contribution in [-0.4, -0.2) is 0 Å². The van der Waals surface area contributed by atoms with Gasteiger partial charge in [0.2, 0.25) is 0 Å². The minimum Gasteiger partial charge on any atom is -0.0802 e.